The topological polar surface area (TPSA) is 91.7 Å². The van der Waals surface area contributed by atoms with E-state index in [4.69, 9.17) is 19.2 Å². The molecule has 1 atom stereocenters. The van der Waals surface area contributed by atoms with E-state index in [1.807, 2.05) is 49.4 Å². The lowest BCUT2D eigenvalue weighted by atomic mass is 10.1. The molecule has 0 saturated carbocycles. The SMILES string of the molecule is CC[C@H](Sc1nc2cc3c(cc2c(=O)n1CCc1ccccc1)OCO3)C(=O)Nc1ccccc1OC. The van der Waals surface area contributed by atoms with Crippen LogP contribution in [-0.4, -0.2) is 34.6 Å². The maximum atomic E-state index is 13.7. The van der Waals surface area contributed by atoms with Crippen molar-refractivity contribution in [3.8, 4) is 17.2 Å². The van der Waals surface area contributed by atoms with E-state index in [9.17, 15) is 9.59 Å². The van der Waals surface area contributed by atoms with Crippen LogP contribution in [0.2, 0.25) is 0 Å². The highest BCUT2D eigenvalue weighted by atomic mass is 32.2. The van der Waals surface area contributed by atoms with Crippen LogP contribution in [0.1, 0.15) is 18.9 Å². The van der Waals surface area contributed by atoms with Gasteiger partial charge in [-0.1, -0.05) is 61.2 Å². The number of benzene rings is 3. The van der Waals surface area contributed by atoms with Gasteiger partial charge in [-0.3, -0.25) is 14.2 Å². The molecule has 5 rings (SSSR count). The van der Waals surface area contributed by atoms with Crippen LogP contribution >= 0.6 is 11.8 Å². The number of rotatable bonds is 9. The monoisotopic (exact) mass is 517 g/mol. The van der Waals surface area contributed by atoms with E-state index in [0.29, 0.717) is 58.4 Å². The highest BCUT2D eigenvalue weighted by Crippen LogP contribution is 2.36. The van der Waals surface area contributed by atoms with E-state index in [1.165, 1.54) is 11.8 Å². The van der Waals surface area contributed by atoms with E-state index in [-0.39, 0.29) is 18.3 Å². The highest BCUT2D eigenvalue weighted by molar-refractivity contribution is 8.00. The second kappa shape index (κ2) is 11.0. The Morgan fingerprint density at radius 1 is 1.11 bits per heavy atom. The Labute approximate surface area is 218 Å². The molecular formula is C28H27N3O5S. The molecule has 0 saturated heterocycles. The number of amides is 1. The molecule has 1 N–H and O–H groups in total. The van der Waals surface area contributed by atoms with Gasteiger partial charge < -0.3 is 19.5 Å². The number of nitrogens with one attached hydrogen (secondary N) is 1. The summed E-state index contributed by atoms with van der Waals surface area (Å²) in [5.41, 5.74) is 2.03. The molecule has 0 spiro atoms. The van der Waals surface area contributed by atoms with Gasteiger partial charge in [-0.2, -0.15) is 0 Å². The van der Waals surface area contributed by atoms with Crippen molar-refractivity contribution in [1.82, 2.24) is 9.55 Å². The van der Waals surface area contributed by atoms with Gasteiger partial charge in [0.25, 0.3) is 5.56 Å². The molecule has 190 valence electrons. The van der Waals surface area contributed by atoms with Crippen LogP contribution in [0.4, 0.5) is 5.69 Å². The van der Waals surface area contributed by atoms with Gasteiger partial charge in [-0.15, -0.1) is 0 Å². The maximum absolute atomic E-state index is 13.7. The fourth-order valence-electron chi connectivity index (χ4n) is 4.17. The number of fused-ring (bicyclic) bond motifs is 2. The third-order valence-electron chi connectivity index (χ3n) is 6.16. The molecule has 0 unspecified atom stereocenters. The molecule has 9 heteroatoms. The van der Waals surface area contributed by atoms with Gasteiger partial charge in [0.15, 0.2) is 16.7 Å². The molecule has 0 fully saturated rings. The number of thioether (sulfide) groups is 1. The fourth-order valence-corrected chi connectivity index (χ4v) is 5.21. The average molecular weight is 518 g/mol. The van der Waals surface area contributed by atoms with Crippen LogP contribution in [0.3, 0.4) is 0 Å². The first-order chi connectivity index (χ1) is 18.1. The van der Waals surface area contributed by atoms with Crippen molar-refractivity contribution in [2.24, 2.45) is 0 Å². The summed E-state index contributed by atoms with van der Waals surface area (Å²) >= 11 is 1.28. The first-order valence-electron chi connectivity index (χ1n) is 12.1. The minimum Gasteiger partial charge on any atom is -0.495 e. The second-order valence-corrected chi connectivity index (χ2v) is 9.68. The van der Waals surface area contributed by atoms with Crippen LogP contribution in [-0.2, 0) is 17.8 Å². The van der Waals surface area contributed by atoms with Gasteiger partial charge >= 0.3 is 0 Å². The standard InChI is InChI=1S/C28H27N3O5S/c1-3-25(26(32)29-20-11-7-8-12-22(20)34-2)37-28-30-21-16-24-23(35-17-36-24)15-19(21)27(33)31(28)14-13-18-9-5-4-6-10-18/h4-12,15-16,25H,3,13-14,17H2,1-2H3,(H,29,32)/t25-/m0/s1. The van der Waals surface area contributed by atoms with Gasteiger partial charge in [0.05, 0.1) is 29.0 Å². The smallest absolute Gasteiger partial charge is 0.262 e. The van der Waals surface area contributed by atoms with E-state index in [1.54, 1.807) is 35.9 Å². The zero-order valence-corrected chi connectivity index (χ0v) is 21.4. The molecule has 1 aliphatic rings. The largest absolute Gasteiger partial charge is 0.495 e. The highest BCUT2D eigenvalue weighted by Gasteiger charge is 2.24. The van der Waals surface area contributed by atoms with E-state index >= 15 is 0 Å². The second-order valence-electron chi connectivity index (χ2n) is 8.51. The number of carbonyl (C=O) groups excluding carboxylic acids is 1. The number of aromatic nitrogens is 2. The van der Waals surface area contributed by atoms with Gasteiger partial charge in [-0.25, -0.2) is 4.98 Å². The molecule has 0 bridgehead atoms. The zero-order chi connectivity index (χ0) is 25.8. The van der Waals surface area contributed by atoms with Crippen molar-refractivity contribution in [1.29, 1.82) is 0 Å². The summed E-state index contributed by atoms with van der Waals surface area (Å²) in [5, 5.41) is 3.41. The Morgan fingerprint density at radius 3 is 2.59 bits per heavy atom. The number of hydrogen-bond acceptors (Lipinski definition) is 7. The zero-order valence-electron chi connectivity index (χ0n) is 20.6. The number of nitrogens with zero attached hydrogens (tertiary/aromatic N) is 2. The van der Waals surface area contributed by atoms with Crippen LogP contribution in [0.15, 0.2) is 76.7 Å². The maximum Gasteiger partial charge on any atom is 0.262 e. The van der Waals surface area contributed by atoms with Gasteiger partial charge in [0.2, 0.25) is 12.7 Å². The number of carbonyl (C=O) groups is 1. The molecule has 37 heavy (non-hydrogen) atoms. The molecule has 3 aromatic carbocycles. The molecule has 0 aliphatic carbocycles. The number of anilines is 1. The van der Waals surface area contributed by atoms with Crippen molar-refractivity contribution in [2.75, 3.05) is 19.2 Å². The molecule has 8 nitrogen and oxygen atoms in total. The third-order valence-corrected chi connectivity index (χ3v) is 7.51. The van der Waals surface area contributed by atoms with E-state index in [0.717, 1.165) is 5.56 Å². The predicted octanol–water partition coefficient (Wildman–Crippen LogP) is 4.89. The molecule has 0 radical (unpaired) electrons. The fraction of sp³-hybridized carbons (Fsp3) is 0.250. The number of hydrogen-bond donors (Lipinski definition) is 1. The van der Waals surface area contributed by atoms with E-state index in [2.05, 4.69) is 5.32 Å². The Kier molecular flexibility index (Phi) is 7.32. The minimum atomic E-state index is -0.480. The summed E-state index contributed by atoms with van der Waals surface area (Å²) in [6.45, 7) is 2.47. The van der Waals surface area contributed by atoms with Crippen LogP contribution < -0.4 is 25.1 Å². The van der Waals surface area contributed by atoms with Crippen molar-refractivity contribution >= 4 is 34.3 Å². The first kappa shape index (κ1) is 24.7. The molecular weight excluding hydrogens is 490 g/mol. The van der Waals surface area contributed by atoms with Gasteiger partial charge in [-0.05, 0) is 36.6 Å². The lowest BCUT2D eigenvalue weighted by Gasteiger charge is -2.19. The van der Waals surface area contributed by atoms with Crippen LogP contribution in [0, 0.1) is 0 Å². The summed E-state index contributed by atoms with van der Waals surface area (Å²) in [6, 6.07) is 20.6. The number of methoxy groups -OCH3 is 1. The predicted molar refractivity (Wildman–Crippen MR) is 144 cm³/mol. The molecule has 4 aromatic rings. The molecule has 1 aromatic heterocycles. The minimum absolute atomic E-state index is 0.108. The Balaban J connectivity index is 1.49. The molecule has 2 heterocycles. The van der Waals surface area contributed by atoms with E-state index < -0.39 is 5.25 Å². The number of ether oxygens (including phenoxy) is 3. The lowest BCUT2D eigenvalue weighted by Crippen LogP contribution is -2.28. The van der Waals surface area contributed by atoms with Crippen molar-refractivity contribution < 1.29 is 19.0 Å². The van der Waals surface area contributed by atoms with Crippen LogP contribution in [0.5, 0.6) is 17.2 Å². The summed E-state index contributed by atoms with van der Waals surface area (Å²) in [6.07, 6.45) is 1.19. The Hall–Kier alpha value is -3.98. The molecule has 1 aliphatic heterocycles. The summed E-state index contributed by atoms with van der Waals surface area (Å²) in [4.78, 5) is 31.8. The van der Waals surface area contributed by atoms with Gasteiger partial charge in [0, 0.05) is 12.6 Å². The summed E-state index contributed by atoms with van der Waals surface area (Å²) < 4.78 is 18.0. The summed E-state index contributed by atoms with van der Waals surface area (Å²) in [7, 11) is 1.56. The number of para-hydroxylation sites is 2. The molecule has 1 amide bonds. The summed E-state index contributed by atoms with van der Waals surface area (Å²) in [5.74, 6) is 1.48. The lowest BCUT2D eigenvalue weighted by molar-refractivity contribution is -0.115. The first-order valence-corrected chi connectivity index (χ1v) is 12.9. The Bertz CT molecular complexity index is 1490. The Morgan fingerprint density at radius 2 is 1.84 bits per heavy atom. The normalized spacial score (nSPS) is 12.9. The van der Waals surface area contributed by atoms with Crippen LogP contribution in [0.25, 0.3) is 10.9 Å². The number of aryl methyl sites for hydroxylation is 1. The van der Waals surface area contributed by atoms with Gasteiger partial charge in [0.1, 0.15) is 5.75 Å². The van der Waals surface area contributed by atoms with Crippen molar-refractivity contribution in [3.05, 3.63) is 82.6 Å². The quantitative estimate of drug-likeness (QED) is 0.250. The average Bonchev–Trinajstić information content (AvgIpc) is 3.38. The third kappa shape index (κ3) is 5.27. The van der Waals surface area contributed by atoms with Crippen molar-refractivity contribution in [3.63, 3.8) is 0 Å². The van der Waals surface area contributed by atoms with Crippen molar-refractivity contribution in [2.45, 2.75) is 36.7 Å².